The summed E-state index contributed by atoms with van der Waals surface area (Å²) in [6, 6.07) is 14.4. The first kappa shape index (κ1) is 33.8. The molecule has 0 radical (unpaired) electrons. The Kier molecular flexibility index (Phi) is 8.92. The number of carbonyl (C=O) groups excluding carboxylic acids is 1. The van der Waals surface area contributed by atoms with Crippen molar-refractivity contribution in [3.63, 3.8) is 0 Å². The average Bonchev–Trinajstić information content (AvgIpc) is 3.53. The zero-order valence-electron chi connectivity index (χ0n) is 27.8. The molecule has 3 aromatic heterocycles. The van der Waals surface area contributed by atoms with Gasteiger partial charge in [0.15, 0.2) is 6.23 Å². The van der Waals surface area contributed by atoms with E-state index in [4.69, 9.17) is 14.5 Å². The quantitative estimate of drug-likeness (QED) is 0.255. The number of benzene rings is 1. The van der Waals surface area contributed by atoms with Crippen molar-refractivity contribution in [1.82, 2.24) is 24.4 Å². The van der Waals surface area contributed by atoms with Gasteiger partial charge in [-0.05, 0) is 48.9 Å². The molecule has 1 aromatic carbocycles. The van der Waals surface area contributed by atoms with Gasteiger partial charge in [0, 0.05) is 69.6 Å². The molecule has 0 aliphatic carbocycles. The Balaban J connectivity index is 1.07. The smallest absolute Gasteiger partial charge is 0.425 e. The molecule has 262 valence electrons. The average molecular weight is 690 g/mol. The van der Waals surface area contributed by atoms with Crippen LogP contribution in [0, 0.1) is 17.2 Å². The number of aliphatic hydroxyl groups excluding tert-OH is 1. The lowest BCUT2D eigenvalue weighted by molar-refractivity contribution is -0.342. The monoisotopic (exact) mass is 689 g/mol. The van der Waals surface area contributed by atoms with Crippen LogP contribution in [0.1, 0.15) is 36.8 Å². The first-order valence-electron chi connectivity index (χ1n) is 16.7. The predicted molar refractivity (Wildman–Crippen MR) is 177 cm³/mol. The van der Waals surface area contributed by atoms with E-state index in [1.807, 2.05) is 30.1 Å². The van der Waals surface area contributed by atoms with Gasteiger partial charge >= 0.3 is 6.18 Å². The highest BCUT2D eigenvalue weighted by Crippen LogP contribution is 2.49. The number of amides is 1. The van der Waals surface area contributed by atoms with Crippen LogP contribution in [0.25, 0.3) is 16.6 Å². The standard InChI is InChI=1S/C36H38F3N7O4/c1-43-19-23(8-11-32(43)47)12-13-50-29-15-30(33-25(16-40)18-42-45(33)22-29)24-9-10-31(41-17-24)44-20-27-14-28(21-44)46(27)34(48)35(49-2,36(37,38)39)26-6-4-3-5-7-26/h3-7,9-10,15,17-18,22-23,27-28,34,48H,8,11-14,19-21H2,1-2H3. The lowest BCUT2D eigenvalue weighted by Crippen LogP contribution is -2.75. The molecule has 2 bridgehead atoms. The number of halogens is 3. The molecule has 4 saturated heterocycles. The van der Waals surface area contributed by atoms with Gasteiger partial charge in [-0.1, -0.05) is 30.3 Å². The largest absolute Gasteiger partial charge is 0.492 e. The third-order valence-corrected chi connectivity index (χ3v) is 10.5. The van der Waals surface area contributed by atoms with Crippen LogP contribution in [0.4, 0.5) is 19.0 Å². The number of fused-ring (bicyclic) bond motifs is 3. The summed E-state index contributed by atoms with van der Waals surface area (Å²) in [6.45, 7) is 1.93. The van der Waals surface area contributed by atoms with Crippen LogP contribution in [0.2, 0.25) is 0 Å². The van der Waals surface area contributed by atoms with Gasteiger partial charge in [-0.15, -0.1) is 0 Å². The zero-order chi connectivity index (χ0) is 35.2. The summed E-state index contributed by atoms with van der Waals surface area (Å²) in [5.74, 6) is 1.77. The molecule has 50 heavy (non-hydrogen) atoms. The number of piperazine rings is 1. The number of rotatable bonds is 10. The van der Waals surface area contributed by atoms with E-state index < -0.39 is 18.0 Å². The molecule has 4 aromatic rings. The number of anilines is 1. The van der Waals surface area contributed by atoms with Crippen LogP contribution in [0.3, 0.4) is 0 Å². The van der Waals surface area contributed by atoms with E-state index in [9.17, 15) is 28.3 Å². The summed E-state index contributed by atoms with van der Waals surface area (Å²) in [4.78, 5) is 21.9. The minimum atomic E-state index is -4.87. The number of nitrogens with zero attached hydrogens (tertiary/aromatic N) is 7. The molecule has 5 unspecified atom stereocenters. The summed E-state index contributed by atoms with van der Waals surface area (Å²) in [5, 5.41) is 25.5. The number of hydrogen-bond acceptors (Lipinski definition) is 9. The van der Waals surface area contributed by atoms with Crippen LogP contribution >= 0.6 is 0 Å². The number of hydrogen-bond donors (Lipinski definition) is 1. The number of likely N-dealkylation sites (tertiary alicyclic amines) is 1. The van der Waals surface area contributed by atoms with Crippen molar-refractivity contribution in [1.29, 1.82) is 5.26 Å². The van der Waals surface area contributed by atoms with E-state index in [-0.39, 0.29) is 23.6 Å². The molecule has 0 saturated carbocycles. The summed E-state index contributed by atoms with van der Waals surface area (Å²) in [6.07, 6.45) is 0.982. The van der Waals surface area contributed by atoms with E-state index in [1.54, 1.807) is 27.9 Å². The minimum Gasteiger partial charge on any atom is -0.492 e. The Labute approximate surface area is 287 Å². The molecular formula is C36H38F3N7O4. The number of carbonyl (C=O) groups is 1. The molecule has 4 aliphatic rings. The SMILES string of the molecule is COC(c1ccccc1)(C(O)N1C2CC1CN(c1ccc(-c3cc(OCCC4CCC(=O)N(C)C4)cn4ncc(C#N)c34)cn1)C2)C(F)(F)F. The maximum Gasteiger partial charge on any atom is 0.425 e. The Bertz CT molecular complexity index is 1890. The Morgan fingerprint density at radius 3 is 2.50 bits per heavy atom. The first-order valence-corrected chi connectivity index (χ1v) is 16.7. The van der Waals surface area contributed by atoms with E-state index in [0.29, 0.717) is 67.6 Å². The second-order valence-corrected chi connectivity index (χ2v) is 13.3. The van der Waals surface area contributed by atoms with Crippen molar-refractivity contribution in [2.75, 3.05) is 45.3 Å². The normalized spacial score (nSPS) is 22.9. The molecule has 14 heteroatoms. The van der Waals surface area contributed by atoms with Crippen molar-refractivity contribution in [2.45, 2.75) is 55.8 Å². The Morgan fingerprint density at radius 1 is 1.10 bits per heavy atom. The molecule has 8 rings (SSSR count). The Hall–Kier alpha value is -4.71. The van der Waals surface area contributed by atoms with Crippen molar-refractivity contribution < 1.29 is 32.5 Å². The second-order valence-electron chi connectivity index (χ2n) is 13.3. The predicted octanol–water partition coefficient (Wildman–Crippen LogP) is 4.59. The fraction of sp³-hybridized carbons (Fsp3) is 0.444. The van der Waals surface area contributed by atoms with Gasteiger partial charge in [0.2, 0.25) is 11.5 Å². The molecule has 7 heterocycles. The molecule has 1 amide bonds. The summed E-state index contributed by atoms with van der Waals surface area (Å²) >= 11 is 0. The van der Waals surface area contributed by atoms with Gasteiger partial charge in [-0.25, -0.2) is 9.50 Å². The van der Waals surface area contributed by atoms with Crippen molar-refractivity contribution in [3.05, 3.63) is 78.2 Å². The van der Waals surface area contributed by atoms with Gasteiger partial charge < -0.3 is 24.4 Å². The number of nitriles is 1. The highest BCUT2D eigenvalue weighted by molar-refractivity contribution is 5.85. The third-order valence-electron chi connectivity index (χ3n) is 10.5. The molecular weight excluding hydrogens is 651 g/mol. The van der Waals surface area contributed by atoms with Crippen LogP contribution in [-0.4, -0.2) is 100 Å². The third kappa shape index (κ3) is 5.82. The second kappa shape index (κ2) is 13.2. The van der Waals surface area contributed by atoms with Gasteiger partial charge in [-0.3, -0.25) is 9.69 Å². The maximum absolute atomic E-state index is 14.7. The van der Waals surface area contributed by atoms with Crippen molar-refractivity contribution in [2.24, 2.45) is 5.92 Å². The van der Waals surface area contributed by atoms with Crippen LogP contribution in [0.5, 0.6) is 5.75 Å². The fourth-order valence-corrected chi connectivity index (χ4v) is 7.81. The molecule has 1 N–H and O–H groups in total. The number of alkyl halides is 3. The molecule has 11 nitrogen and oxygen atoms in total. The van der Waals surface area contributed by atoms with E-state index in [0.717, 1.165) is 31.1 Å². The van der Waals surface area contributed by atoms with Gasteiger partial charge in [0.1, 0.15) is 17.6 Å². The van der Waals surface area contributed by atoms with E-state index >= 15 is 0 Å². The van der Waals surface area contributed by atoms with Crippen LogP contribution in [0.15, 0.2) is 67.1 Å². The lowest BCUT2D eigenvalue weighted by Gasteiger charge is -2.60. The molecule has 0 spiro atoms. The number of aromatic nitrogens is 3. The van der Waals surface area contributed by atoms with Gasteiger partial charge in [-0.2, -0.15) is 23.5 Å². The summed E-state index contributed by atoms with van der Waals surface area (Å²) in [7, 11) is 2.81. The highest BCUT2D eigenvalue weighted by Gasteiger charge is 2.66. The number of methoxy groups -OCH3 is 1. The number of pyridine rings is 2. The molecule has 4 fully saturated rings. The van der Waals surface area contributed by atoms with Crippen molar-refractivity contribution >= 4 is 17.2 Å². The number of piperidine rings is 2. The minimum absolute atomic E-state index is 0.155. The van der Waals surface area contributed by atoms with Gasteiger partial charge in [0.05, 0.1) is 30.1 Å². The molecule has 4 aliphatic heterocycles. The first-order chi connectivity index (χ1) is 24.0. The van der Waals surface area contributed by atoms with Gasteiger partial charge in [0.25, 0.3) is 0 Å². The maximum atomic E-state index is 14.7. The lowest BCUT2D eigenvalue weighted by atomic mass is 9.81. The fourth-order valence-electron chi connectivity index (χ4n) is 7.81. The number of ether oxygens (including phenoxy) is 2. The highest BCUT2D eigenvalue weighted by atomic mass is 19.4. The summed E-state index contributed by atoms with van der Waals surface area (Å²) < 4.78 is 56.9. The van der Waals surface area contributed by atoms with Crippen LogP contribution in [-0.2, 0) is 15.1 Å². The Morgan fingerprint density at radius 2 is 1.86 bits per heavy atom. The van der Waals surface area contributed by atoms with Crippen LogP contribution < -0.4 is 9.64 Å². The van der Waals surface area contributed by atoms with E-state index in [2.05, 4.69) is 11.2 Å². The number of aliphatic hydroxyl groups is 1. The molecule has 5 atom stereocenters. The summed E-state index contributed by atoms with van der Waals surface area (Å²) in [5.41, 5.74) is -0.571. The zero-order valence-corrected chi connectivity index (χ0v) is 27.8. The van der Waals surface area contributed by atoms with Crippen molar-refractivity contribution in [3.8, 4) is 22.9 Å². The van der Waals surface area contributed by atoms with E-state index in [1.165, 1.54) is 35.4 Å². The topological polar surface area (TPSA) is 119 Å².